The van der Waals surface area contributed by atoms with E-state index in [4.69, 9.17) is 14.7 Å². The molecule has 4 rings (SSSR count). The molecule has 1 amide bonds. The Morgan fingerprint density at radius 3 is 2.62 bits per heavy atom. The van der Waals surface area contributed by atoms with Crippen molar-refractivity contribution in [3.63, 3.8) is 0 Å². The van der Waals surface area contributed by atoms with E-state index in [2.05, 4.69) is 15.0 Å². The smallest absolute Gasteiger partial charge is 0.366 e. The SMILES string of the molecule is COS(=O)(=O)n1ccc2c(Oc3cc(=O)n(C)c(Nc4ccc(I)cc4F)c3C(=O)NOCCO)cccc21. The third-order valence-corrected chi connectivity index (χ3v) is 7.39. The number of hydrogen-bond acceptors (Lipinski definition) is 9. The monoisotopic (exact) mass is 672 g/mol. The average molecular weight is 672 g/mol. The Bertz CT molecular complexity index is 1720. The normalized spacial score (nSPS) is 11.5. The van der Waals surface area contributed by atoms with E-state index in [1.165, 1.54) is 49.6 Å². The molecule has 15 heteroatoms. The van der Waals surface area contributed by atoms with Crippen LogP contribution in [0.1, 0.15) is 10.4 Å². The summed E-state index contributed by atoms with van der Waals surface area (Å²) in [5.41, 5.74) is 1.54. The minimum absolute atomic E-state index is 0.0168. The van der Waals surface area contributed by atoms with Crippen molar-refractivity contribution in [2.75, 3.05) is 25.6 Å². The number of amides is 1. The molecule has 0 aliphatic carbocycles. The van der Waals surface area contributed by atoms with Crippen molar-refractivity contribution in [3.8, 4) is 11.5 Å². The van der Waals surface area contributed by atoms with Crippen LogP contribution >= 0.6 is 22.6 Å². The first-order valence-electron chi connectivity index (χ1n) is 11.2. The van der Waals surface area contributed by atoms with Gasteiger partial charge in [-0.1, -0.05) is 6.07 Å². The lowest BCUT2D eigenvalue weighted by Crippen LogP contribution is -2.30. The zero-order valence-corrected chi connectivity index (χ0v) is 23.4. The number of nitrogens with one attached hydrogen (secondary N) is 2. The molecule has 206 valence electrons. The molecule has 0 bridgehead atoms. The molecule has 0 atom stereocenters. The summed E-state index contributed by atoms with van der Waals surface area (Å²) < 4.78 is 52.5. The molecule has 2 aromatic carbocycles. The van der Waals surface area contributed by atoms with Crippen LogP contribution in [0.25, 0.3) is 10.9 Å². The van der Waals surface area contributed by atoms with Gasteiger partial charge in [0, 0.05) is 28.3 Å². The number of carbonyl (C=O) groups excluding carboxylic acids is 1. The van der Waals surface area contributed by atoms with Gasteiger partial charge >= 0.3 is 10.3 Å². The van der Waals surface area contributed by atoms with E-state index in [1.54, 1.807) is 6.07 Å². The van der Waals surface area contributed by atoms with Gasteiger partial charge in [-0.2, -0.15) is 8.42 Å². The van der Waals surface area contributed by atoms with Crippen LogP contribution in [-0.4, -0.2) is 48.3 Å². The molecule has 0 radical (unpaired) electrons. The second-order valence-corrected chi connectivity index (χ2v) is 10.7. The van der Waals surface area contributed by atoms with Gasteiger partial charge < -0.3 is 15.2 Å². The summed E-state index contributed by atoms with van der Waals surface area (Å²) in [4.78, 5) is 31.1. The molecule has 4 aromatic rings. The number of pyridine rings is 1. The van der Waals surface area contributed by atoms with Gasteiger partial charge in [-0.25, -0.2) is 13.8 Å². The lowest BCUT2D eigenvalue weighted by molar-refractivity contribution is 0.0167. The molecule has 0 aliphatic rings. The van der Waals surface area contributed by atoms with Crippen molar-refractivity contribution in [1.29, 1.82) is 0 Å². The van der Waals surface area contributed by atoms with Crippen molar-refractivity contribution < 1.29 is 36.5 Å². The van der Waals surface area contributed by atoms with E-state index >= 15 is 0 Å². The van der Waals surface area contributed by atoms with Crippen LogP contribution in [0.5, 0.6) is 11.5 Å². The first-order chi connectivity index (χ1) is 18.6. The molecule has 0 saturated carbocycles. The van der Waals surface area contributed by atoms with Crippen LogP contribution < -0.4 is 21.1 Å². The molecule has 39 heavy (non-hydrogen) atoms. The molecule has 0 unspecified atom stereocenters. The summed E-state index contributed by atoms with van der Waals surface area (Å²) in [7, 11) is -1.71. The Balaban J connectivity index is 1.87. The van der Waals surface area contributed by atoms with Crippen molar-refractivity contribution in [1.82, 2.24) is 14.0 Å². The van der Waals surface area contributed by atoms with E-state index < -0.39 is 27.6 Å². The van der Waals surface area contributed by atoms with Gasteiger partial charge in [-0.15, -0.1) is 0 Å². The largest absolute Gasteiger partial charge is 0.455 e. The van der Waals surface area contributed by atoms with Crippen molar-refractivity contribution in [3.05, 3.63) is 80.0 Å². The third-order valence-electron chi connectivity index (χ3n) is 5.50. The molecular formula is C24H22FIN4O8S. The van der Waals surface area contributed by atoms with Crippen molar-refractivity contribution in [2.45, 2.75) is 0 Å². The second kappa shape index (κ2) is 11.7. The molecule has 2 aromatic heterocycles. The number of anilines is 2. The van der Waals surface area contributed by atoms with Crippen molar-refractivity contribution >= 4 is 61.2 Å². The van der Waals surface area contributed by atoms with Gasteiger partial charge in [0.15, 0.2) is 0 Å². The Morgan fingerprint density at radius 1 is 1.15 bits per heavy atom. The van der Waals surface area contributed by atoms with E-state index in [1.807, 2.05) is 22.6 Å². The first kappa shape index (κ1) is 28.5. The summed E-state index contributed by atoms with van der Waals surface area (Å²) in [5, 5.41) is 12.1. The highest BCUT2D eigenvalue weighted by Gasteiger charge is 2.25. The van der Waals surface area contributed by atoms with E-state index in [0.717, 1.165) is 21.7 Å². The molecule has 12 nitrogen and oxygen atoms in total. The molecular weight excluding hydrogens is 650 g/mol. The molecule has 3 N–H and O–H groups in total. The number of rotatable bonds is 10. The summed E-state index contributed by atoms with van der Waals surface area (Å²) in [6, 6.07) is 11.4. The molecule has 0 spiro atoms. The molecule has 0 saturated heterocycles. The molecule has 0 fully saturated rings. The highest BCUT2D eigenvalue weighted by Crippen LogP contribution is 2.35. The number of halogens is 2. The standard InChI is InChI=1S/C24H22FIN4O8S/c1-29-21(32)13-20(38-19-5-3-4-18-15(19)8-9-30(18)39(34,35)36-2)22(24(33)28-37-11-10-31)23(29)27-17-7-6-14(26)12-16(17)25/h3-9,12-13,27,31H,10-11H2,1-2H3,(H,28,33). The Kier molecular flexibility index (Phi) is 8.55. The molecule has 2 heterocycles. The minimum atomic E-state index is -4.11. The van der Waals surface area contributed by atoms with Gasteiger partial charge in [-0.3, -0.25) is 23.2 Å². The van der Waals surface area contributed by atoms with Gasteiger partial charge in [-0.05, 0) is 59.0 Å². The maximum absolute atomic E-state index is 14.7. The van der Waals surface area contributed by atoms with E-state index in [-0.39, 0.29) is 47.3 Å². The van der Waals surface area contributed by atoms with Crippen LogP contribution in [-0.2, 0) is 26.4 Å². The lowest BCUT2D eigenvalue weighted by Gasteiger charge is -2.19. The summed E-state index contributed by atoms with van der Waals surface area (Å²) >= 11 is 1.94. The topological polar surface area (TPSA) is 150 Å². The average Bonchev–Trinajstić information content (AvgIpc) is 3.35. The van der Waals surface area contributed by atoms with Gasteiger partial charge in [0.1, 0.15) is 28.7 Å². The number of ether oxygens (including phenoxy) is 1. The number of aromatic nitrogens is 2. The third kappa shape index (κ3) is 5.91. The zero-order chi connectivity index (χ0) is 28.3. The number of hydrogen-bond donors (Lipinski definition) is 3. The second-order valence-electron chi connectivity index (χ2n) is 7.91. The molecule has 0 aliphatic heterocycles. The summed E-state index contributed by atoms with van der Waals surface area (Å²) in [6.07, 6.45) is 1.27. The number of benzene rings is 2. The number of aliphatic hydroxyl groups excluding tert-OH is 1. The predicted octanol–water partition coefficient (Wildman–Crippen LogP) is 3.01. The minimum Gasteiger partial charge on any atom is -0.455 e. The quantitative estimate of drug-likeness (QED) is 0.131. The van der Waals surface area contributed by atoms with E-state index in [0.29, 0.717) is 8.96 Å². The lowest BCUT2D eigenvalue weighted by atomic mass is 10.2. The van der Waals surface area contributed by atoms with Gasteiger partial charge in [0.05, 0.1) is 31.5 Å². The number of aliphatic hydroxyl groups is 1. The Morgan fingerprint density at radius 2 is 1.92 bits per heavy atom. The van der Waals surface area contributed by atoms with Gasteiger partial charge in [0.2, 0.25) is 0 Å². The van der Waals surface area contributed by atoms with Crippen LogP contribution in [0.2, 0.25) is 0 Å². The van der Waals surface area contributed by atoms with Crippen molar-refractivity contribution in [2.24, 2.45) is 7.05 Å². The highest BCUT2D eigenvalue weighted by atomic mass is 127. The fraction of sp³-hybridized carbons (Fsp3) is 0.167. The Hall–Kier alpha value is -3.51. The Labute approximate surface area is 235 Å². The first-order valence-corrected chi connectivity index (χ1v) is 13.6. The number of fused-ring (bicyclic) bond motifs is 1. The van der Waals surface area contributed by atoms with Crippen LogP contribution in [0, 0.1) is 9.39 Å². The number of hydroxylamine groups is 1. The summed E-state index contributed by atoms with van der Waals surface area (Å²) in [6.45, 7) is -0.595. The van der Waals surface area contributed by atoms with Crippen LogP contribution in [0.4, 0.5) is 15.9 Å². The van der Waals surface area contributed by atoms with E-state index in [9.17, 15) is 22.4 Å². The predicted molar refractivity (Wildman–Crippen MR) is 148 cm³/mol. The van der Waals surface area contributed by atoms with Gasteiger partial charge in [0.25, 0.3) is 11.5 Å². The maximum Gasteiger partial charge on any atom is 0.366 e. The fourth-order valence-corrected chi connectivity index (χ4v) is 4.87. The highest BCUT2D eigenvalue weighted by molar-refractivity contribution is 14.1. The maximum atomic E-state index is 14.7. The van der Waals surface area contributed by atoms with Crippen LogP contribution in [0.3, 0.4) is 0 Å². The number of nitrogens with zero attached hydrogens (tertiary/aromatic N) is 2. The van der Waals surface area contributed by atoms with Crippen LogP contribution in [0.15, 0.2) is 59.5 Å². The summed E-state index contributed by atoms with van der Waals surface area (Å²) in [5.74, 6) is -1.73. The zero-order valence-electron chi connectivity index (χ0n) is 20.5. The number of carbonyl (C=O) groups is 1. The fourth-order valence-electron chi connectivity index (χ4n) is 3.65.